The molecule has 0 fully saturated rings. The molecule has 114 valence electrons. The van der Waals surface area contributed by atoms with Gasteiger partial charge in [-0.05, 0) is 19.1 Å². The van der Waals surface area contributed by atoms with Gasteiger partial charge in [0.15, 0.2) is 11.5 Å². The zero-order chi connectivity index (χ0) is 15.6. The van der Waals surface area contributed by atoms with Crippen LogP contribution in [0.15, 0.2) is 22.8 Å². The van der Waals surface area contributed by atoms with Crippen LogP contribution in [-0.2, 0) is 6.54 Å². The van der Waals surface area contributed by atoms with Gasteiger partial charge in [0.05, 0.1) is 31.1 Å². The molecule has 0 saturated heterocycles. The highest BCUT2D eigenvalue weighted by molar-refractivity contribution is 9.10. The summed E-state index contributed by atoms with van der Waals surface area (Å²) in [5.41, 5.74) is 1.18. The van der Waals surface area contributed by atoms with Crippen molar-refractivity contribution in [1.29, 1.82) is 0 Å². The van der Waals surface area contributed by atoms with Crippen molar-refractivity contribution in [3.63, 3.8) is 0 Å². The summed E-state index contributed by atoms with van der Waals surface area (Å²) in [6.45, 7) is 2.55. The largest absolute Gasteiger partial charge is 0.493 e. The van der Waals surface area contributed by atoms with Crippen molar-refractivity contribution in [3.8, 4) is 11.5 Å². The van der Waals surface area contributed by atoms with E-state index in [0.717, 1.165) is 0 Å². The molecule has 1 unspecified atom stereocenters. The molecule has 0 radical (unpaired) electrons. The minimum absolute atomic E-state index is 0.422. The molecular weight excluding hydrogens is 360 g/mol. The van der Waals surface area contributed by atoms with Gasteiger partial charge in [-0.15, -0.1) is 0 Å². The maximum atomic E-state index is 10.7. The first-order chi connectivity index (χ1) is 10.0. The molecule has 2 aromatic rings. The highest BCUT2D eigenvalue weighted by Gasteiger charge is 2.23. The predicted molar refractivity (Wildman–Crippen MR) is 84.2 cm³/mol. The van der Waals surface area contributed by atoms with E-state index in [9.17, 15) is 5.11 Å². The van der Waals surface area contributed by atoms with Crippen molar-refractivity contribution < 1.29 is 14.6 Å². The van der Waals surface area contributed by atoms with E-state index in [1.807, 2.05) is 6.92 Å². The third-order valence-corrected chi connectivity index (χ3v) is 4.17. The van der Waals surface area contributed by atoms with Crippen molar-refractivity contribution in [3.05, 3.63) is 39.1 Å². The average molecular weight is 376 g/mol. The quantitative estimate of drug-likeness (QED) is 0.870. The number of aromatic nitrogens is 2. The van der Waals surface area contributed by atoms with Crippen LogP contribution < -0.4 is 9.47 Å². The van der Waals surface area contributed by atoms with Gasteiger partial charge < -0.3 is 14.6 Å². The van der Waals surface area contributed by atoms with Crippen molar-refractivity contribution in [2.75, 3.05) is 14.2 Å². The van der Waals surface area contributed by atoms with Gasteiger partial charge >= 0.3 is 0 Å². The number of benzene rings is 1. The molecule has 0 aliphatic heterocycles. The number of halogens is 2. The summed E-state index contributed by atoms with van der Waals surface area (Å²) in [6, 6.07) is 3.47. The molecule has 0 bridgehead atoms. The van der Waals surface area contributed by atoms with Crippen molar-refractivity contribution >= 4 is 27.5 Å². The summed E-state index contributed by atoms with van der Waals surface area (Å²) < 4.78 is 12.9. The zero-order valence-corrected chi connectivity index (χ0v) is 14.3. The molecule has 0 amide bonds. The summed E-state index contributed by atoms with van der Waals surface area (Å²) >= 11 is 9.58. The van der Waals surface area contributed by atoms with Gasteiger partial charge in [-0.3, -0.25) is 4.68 Å². The Labute approximate surface area is 136 Å². The van der Waals surface area contributed by atoms with Crippen LogP contribution in [-0.4, -0.2) is 29.1 Å². The topological polar surface area (TPSA) is 56.5 Å². The van der Waals surface area contributed by atoms with E-state index < -0.39 is 6.10 Å². The molecule has 1 aromatic carbocycles. The maximum Gasteiger partial charge on any atom is 0.161 e. The SMILES string of the molecule is CCn1ncc(Cl)c1C(O)c1cc(OC)c(OC)cc1Br. The molecule has 0 saturated carbocycles. The summed E-state index contributed by atoms with van der Waals surface area (Å²) in [5, 5.41) is 15.2. The molecule has 1 heterocycles. The molecule has 2 rings (SSSR count). The fraction of sp³-hybridized carbons (Fsp3) is 0.357. The molecule has 5 nitrogen and oxygen atoms in total. The first-order valence-electron chi connectivity index (χ1n) is 6.34. The van der Waals surface area contributed by atoms with Crippen LogP contribution in [0.25, 0.3) is 0 Å². The Balaban J connectivity index is 2.52. The fourth-order valence-electron chi connectivity index (χ4n) is 2.12. The van der Waals surface area contributed by atoms with Crippen molar-refractivity contribution in [1.82, 2.24) is 9.78 Å². The van der Waals surface area contributed by atoms with E-state index in [-0.39, 0.29) is 0 Å². The smallest absolute Gasteiger partial charge is 0.161 e. The molecule has 0 aliphatic carbocycles. The number of rotatable bonds is 5. The second kappa shape index (κ2) is 6.68. The molecule has 21 heavy (non-hydrogen) atoms. The van der Waals surface area contributed by atoms with Crippen LogP contribution in [0.5, 0.6) is 11.5 Å². The van der Waals surface area contributed by atoms with Gasteiger partial charge in [-0.1, -0.05) is 27.5 Å². The third kappa shape index (κ3) is 3.02. The van der Waals surface area contributed by atoms with E-state index in [1.54, 1.807) is 31.0 Å². The average Bonchev–Trinajstić information content (AvgIpc) is 2.87. The number of aryl methyl sites for hydroxylation is 1. The lowest BCUT2D eigenvalue weighted by Gasteiger charge is -2.17. The molecular formula is C14H16BrClN2O3. The minimum Gasteiger partial charge on any atom is -0.493 e. The molecule has 1 aromatic heterocycles. The maximum absolute atomic E-state index is 10.7. The van der Waals surface area contributed by atoms with Crippen molar-refractivity contribution in [2.24, 2.45) is 0 Å². The normalized spacial score (nSPS) is 12.3. The summed E-state index contributed by atoms with van der Waals surface area (Å²) in [7, 11) is 3.11. The highest BCUT2D eigenvalue weighted by Crippen LogP contribution is 2.39. The number of hydrogen-bond acceptors (Lipinski definition) is 4. The van der Waals surface area contributed by atoms with Gasteiger partial charge in [-0.2, -0.15) is 5.10 Å². The van der Waals surface area contributed by atoms with Gasteiger partial charge in [0.25, 0.3) is 0 Å². The third-order valence-electron chi connectivity index (χ3n) is 3.19. The lowest BCUT2D eigenvalue weighted by atomic mass is 10.1. The van der Waals surface area contributed by atoms with Crippen LogP contribution in [0.3, 0.4) is 0 Å². The van der Waals surface area contributed by atoms with Gasteiger partial charge in [0.1, 0.15) is 6.10 Å². The lowest BCUT2D eigenvalue weighted by Crippen LogP contribution is -2.10. The van der Waals surface area contributed by atoms with E-state index in [4.69, 9.17) is 21.1 Å². The van der Waals surface area contributed by atoms with E-state index >= 15 is 0 Å². The number of ether oxygens (including phenoxy) is 2. The van der Waals surface area contributed by atoms with E-state index in [2.05, 4.69) is 21.0 Å². The van der Waals surface area contributed by atoms with Crippen LogP contribution in [0.2, 0.25) is 5.02 Å². The van der Waals surface area contributed by atoms with Crippen LogP contribution in [0.1, 0.15) is 24.3 Å². The Morgan fingerprint density at radius 2 is 1.95 bits per heavy atom. The Kier molecular flexibility index (Phi) is 5.13. The monoisotopic (exact) mass is 374 g/mol. The number of nitrogens with zero attached hydrogens (tertiary/aromatic N) is 2. The van der Waals surface area contributed by atoms with Gasteiger partial charge in [-0.25, -0.2) is 0 Å². The first-order valence-corrected chi connectivity index (χ1v) is 7.51. The van der Waals surface area contributed by atoms with E-state index in [0.29, 0.717) is 38.8 Å². The Morgan fingerprint density at radius 3 is 2.52 bits per heavy atom. The molecule has 1 N–H and O–H groups in total. The number of methoxy groups -OCH3 is 2. The second-order valence-electron chi connectivity index (χ2n) is 4.32. The van der Waals surface area contributed by atoms with Crippen LogP contribution in [0.4, 0.5) is 0 Å². The minimum atomic E-state index is -0.922. The number of hydrogen-bond donors (Lipinski definition) is 1. The second-order valence-corrected chi connectivity index (χ2v) is 5.59. The first kappa shape index (κ1) is 16.1. The highest BCUT2D eigenvalue weighted by atomic mass is 79.9. The lowest BCUT2D eigenvalue weighted by molar-refractivity contribution is 0.206. The van der Waals surface area contributed by atoms with Crippen molar-refractivity contribution in [2.45, 2.75) is 19.6 Å². The summed E-state index contributed by atoms with van der Waals surface area (Å²) in [5.74, 6) is 1.11. The van der Waals surface area contributed by atoms with Gasteiger partial charge in [0, 0.05) is 16.6 Å². The molecule has 0 spiro atoms. The summed E-state index contributed by atoms with van der Waals surface area (Å²) in [6.07, 6.45) is 0.604. The Morgan fingerprint density at radius 1 is 1.33 bits per heavy atom. The summed E-state index contributed by atoms with van der Waals surface area (Å²) in [4.78, 5) is 0. The Hall–Kier alpha value is -1.24. The molecule has 7 heteroatoms. The predicted octanol–water partition coefficient (Wildman–Crippen LogP) is 3.42. The van der Waals surface area contributed by atoms with E-state index in [1.165, 1.54) is 6.20 Å². The zero-order valence-electron chi connectivity index (χ0n) is 11.9. The molecule has 1 atom stereocenters. The fourth-order valence-corrected chi connectivity index (χ4v) is 2.91. The Bertz CT molecular complexity index is 645. The van der Waals surface area contributed by atoms with Gasteiger partial charge in [0.2, 0.25) is 0 Å². The number of aliphatic hydroxyl groups is 1. The molecule has 0 aliphatic rings. The van der Waals surface area contributed by atoms with Crippen LogP contribution >= 0.6 is 27.5 Å². The number of aliphatic hydroxyl groups excluding tert-OH is 1. The van der Waals surface area contributed by atoms with Crippen LogP contribution in [0, 0.1) is 0 Å². The standard InChI is InChI=1S/C14H16BrClN2O3/c1-4-18-13(10(16)7-17-18)14(19)8-5-11(20-2)12(21-3)6-9(8)15/h5-7,14,19H,4H2,1-3H3.